The zero-order valence-corrected chi connectivity index (χ0v) is 14.7. The van der Waals surface area contributed by atoms with Crippen molar-refractivity contribution in [3.63, 3.8) is 0 Å². The Hall–Kier alpha value is -2.21. The van der Waals surface area contributed by atoms with Crippen LogP contribution in [0.2, 0.25) is 5.02 Å². The molecule has 2 amide bonds. The number of hydrogen-bond donors (Lipinski definition) is 2. The molecule has 2 N–H and O–H groups in total. The zero-order valence-electron chi connectivity index (χ0n) is 13.9. The lowest BCUT2D eigenvalue weighted by molar-refractivity contribution is 0.163. The van der Waals surface area contributed by atoms with Gasteiger partial charge in [-0.1, -0.05) is 17.7 Å². The lowest BCUT2D eigenvalue weighted by atomic mass is 9.98. The van der Waals surface area contributed by atoms with Gasteiger partial charge in [-0.15, -0.1) is 0 Å². The Morgan fingerprint density at radius 2 is 2.25 bits per heavy atom. The Morgan fingerprint density at radius 3 is 2.96 bits per heavy atom. The number of carbonyl (C=O) groups excluding carboxylic acids is 1. The second kappa shape index (κ2) is 7.13. The highest BCUT2D eigenvalue weighted by molar-refractivity contribution is 6.34. The SMILES string of the molecule is CN(C)c1c(Cl)cccc1NC(=O)N1CCCC[C@H]1c1cn[nH]c1. The molecule has 0 radical (unpaired) electrons. The van der Waals surface area contributed by atoms with E-state index in [-0.39, 0.29) is 12.1 Å². The first-order valence-electron chi connectivity index (χ1n) is 8.10. The van der Waals surface area contributed by atoms with Gasteiger partial charge in [-0.3, -0.25) is 5.10 Å². The summed E-state index contributed by atoms with van der Waals surface area (Å²) in [5.41, 5.74) is 2.57. The lowest BCUT2D eigenvalue weighted by Crippen LogP contribution is -2.41. The van der Waals surface area contributed by atoms with Gasteiger partial charge in [0.25, 0.3) is 0 Å². The van der Waals surface area contributed by atoms with Crippen LogP contribution in [0.5, 0.6) is 0 Å². The molecule has 1 atom stereocenters. The molecule has 0 unspecified atom stereocenters. The molecule has 1 saturated heterocycles. The van der Waals surface area contributed by atoms with Gasteiger partial charge in [-0.25, -0.2) is 4.79 Å². The molecule has 1 aliphatic rings. The summed E-state index contributed by atoms with van der Waals surface area (Å²) in [7, 11) is 3.82. The highest BCUT2D eigenvalue weighted by atomic mass is 35.5. The summed E-state index contributed by atoms with van der Waals surface area (Å²) in [6.45, 7) is 0.736. The minimum Gasteiger partial charge on any atom is -0.375 e. The number of anilines is 2. The number of aromatic amines is 1. The van der Waals surface area contributed by atoms with Crippen LogP contribution in [0, 0.1) is 0 Å². The van der Waals surface area contributed by atoms with Crippen molar-refractivity contribution in [1.29, 1.82) is 0 Å². The van der Waals surface area contributed by atoms with Crippen LogP contribution in [-0.4, -0.2) is 41.8 Å². The molecule has 0 aliphatic carbocycles. The summed E-state index contributed by atoms with van der Waals surface area (Å²) in [6, 6.07) is 5.48. The number of H-pyrrole nitrogens is 1. The number of carbonyl (C=O) groups is 1. The molecule has 0 bridgehead atoms. The molecule has 1 aromatic heterocycles. The first-order valence-corrected chi connectivity index (χ1v) is 8.48. The van der Waals surface area contributed by atoms with Gasteiger partial charge in [0.05, 0.1) is 28.6 Å². The Bertz CT molecular complexity index is 701. The summed E-state index contributed by atoms with van der Waals surface area (Å²) in [5.74, 6) is 0. The number of halogens is 1. The molecule has 3 rings (SSSR count). The Balaban J connectivity index is 1.82. The smallest absolute Gasteiger partial charge is 0.322 e. The Labute approximate surface area is 146 Å². The van der Waals surface area contributed by atoms with Gasteiger partial charge in [0.1, 0.15) is 0 Å². The minimum atomic E-state index is -0.105. The third-order valence-electron chi connectivity index (χ3n) is 4.34. The van der Waals surface area contributed by atoms with Crippen LogP contribution >= 0.6 is 11.6 Å². The number of piperidine rings is 1. The topological polar surface area (TPSA) is 64.3 Å². The zero-order chi connectivity index (χ0) is 17.1. The number of para-hydroxylation sites is 1. The van der Waals surface area contributed by atoms with Crippen LogP contribution in [0.15, 0.2) is 30.6 Å². The second-order valence-electron chi connectivity index (χ2n) is 6.20. The van der Waals surface area contributed by atoms with Gasteiger partial charge in [-0.2, -0.15) is 5.10 Å². The lowest BCUT2D eigenvalue weighted by Gasteiger charge is -2.35. The molecular weight excluding hydrogens is 326 g/mol. The average molecular weight is 348 g/mol. The van der Waals surface area contributed by atoms with Crippen LogP contribution in [-0.2, 0) is 0 Å². The van der Waals surface area contributed by atoms with E-state index in [0.29, 0.717) is 10.7 Å². The van der Waals surface area contributed by atoms with Crippen molar-refractivity contribution < 1.29 is 4.79 Å². The molecule has 0 saturated carbocycles. The average Bonchev–Trinajstić information content (AvgIpc) is 3.09. The number of hydrogen-bond acceptors (Lipinski definition) is 3. The van der Waals surface area contributed by atoms with Crippen molar-refractivity contribution in [1.82, 2.24) is 15.1 Å². The molecule has 7 heteroatoms. The third kappa shape index (κ3) is 3.33. The molecule has 2 heterocycles. The van der Waals surface area contributed by atoms with E-state index in [1.165, 1.54) is 0 Å². The summed E-state index contributed by atoms with van der Waals surface area (Å²) < 4.78 is 0. The van der Waals surface area contributed by atoms with Gasteiger partial charge in [0.2, 0.25) is 0 Å². The van der Waals surface area contributed by atoms with E-state index in [0.717, 1.165) is 37.1 Å². The summed E-state index contributed by atoms with van der Waals surface area (Å²) in [6.07, 6.45) is 6.72. The van der Waals surface area contributed by atoms with E-state index in [2.05, 4.69) is 15.5 Å². The predicted molar refractivity (Wildman–Crippen MR) is 96.7 cm³/mol. The number of nitrogens with one attached hydrogen (secondary N) is 2. The van der Waals surface area contributed by atoms with Crippen molar-refractivity contribution in [2.75, 3.05) is 30.9 Å². The van der Waals surface area contributed by atoms with Crippen LogP contribution in [0.3, 0.4) is 0 Å². The highest BCUT2D eigenvalue weighted by Crippen LogP contribution is 2.34. The number of rotatable bonds is 3. The van der Waals surface area contributed by atoms with Gasteiger partial charge < -0.3 is 15.1 Å². The Morgan fingerprint density at radius 1 is 1.42 bits per heavy atom. The molecule has 1 aliphatic heterocycles. The standard InChI is InChI=1S/C17H22ClN5O/c1-22(2)16-13(18)6-5-7-14(16)21-17(24)23-9-4-3-8-15(23)12-10-19-20-11-12/h5-7,10-11,15H,3-4,8-9H2,1-2H3,(H,19,20)(H,21,24)/t15-/m0/s1. The predicted octanol–water partition coefficient (Wildman–Crippen LogP) is 3.89. The minimum absolute atomic E-state index is 0.0551. The summed E-state index contributed by atoms with van der Waals surface area (Å²) in [4.78, 5) is 16.7. The number of likely N-dealkylation sites (tertiary alicyclic amines) is 1. The quantitative estimate of drug-likeness (QED) is 0.885. The van der Waals surface area contributed by atoms with E-state index in [9.17, 15) is 4.79 Å². The van der Waals surface area contributed by atoms with Crippen LogP contribution < -0.4 is 10.2 Å². The summed E-state index contributed by atoms with van der Waals surface area (Å²) in [5, 5.41) is 10.5. The van der Waals surface area contributed by atoms with Crippen molar-refractivity contribution in [3.8, 4) is 0 Å². The fraction of sp³-hybridized carbons (Fsp3) is 0.412. The van der Waals surface area contributed by atoms with E-state index in [1.54, 1.807) is 6.20 Å². The molecule has 1 aromatic carbocycles. The van der Waals surface area contributed by atoms with Crippen LogP contribution in [0.25, 0.3) is 0 Å². The first kappa shape index (κ1) is 16.6. The maximum atomic E-state index is 12.9. The van der Waals surface area contributed by atoms with Gasteiger partial charge in [0.15, 0.2) is 0 Å². The Kier molecular flexibility index (Phi) is 4.94. The highest BCUT2D eigenvalue weighted by Gasteiger charge is 2.29. The molecule has 2 aromatic rings. The van der Waals surface area contributed by atoms with E-state index in [4.69, 9.17) is 11.6 Å². The van der Waals surface area contributed by atoms with Crippen molar-refractivity contribution in [3.05, 3.63) is 41.2 Å². The molecular formula is C17H22ClN5O. The van der Waals surface area contributed by atoms with Crippen LogP contribution in [0.4, 0.5) is 16.2 Å². The normalized spacial score (nSPS) is 17.6. The fourth-order valence-corrected chi connectivity index (χ4v) is 3.57. The first-order chi connectivity index (χ1) is 11.6. The third-order valence-corrected chi connectivity index (χ3v) is 4.65. The maximum Gasteiger partial charge on any atom is 0.322 e. The molecule has 6 nitrogen and oxygen atoms in total. The van der Waals surface area contributed by atoms with Crippen molar-refractivity contribution >= 4 is 29.0 Å². The molecule has 128 valence electrons. The van der Waals surface area contributed by atoms with Crippen LogP contribution in [0.1, 0.15) is 30.9 Å². The van der Waals surface area contributed by atoms with Gasteiger partial charge in [0, 0.05) is 32.4 Å². The summed E-state index contributed by atoms with van der Waals surface area (Å²) >= 11 is 6.28. The largest absolute Gasteiger partial charge is 0.375 e. The van der Waals surface area contributed by atoms with E-state index < -0.39 is 0 Å². The van der Waals surface area contributed by atoms with Gasteiger partial charge >= 0.3 is 6.03 Å². The number of aromatic nitrogens is 2. The van der Waals surface area contributed by atoms with E-state index in [1.807, 2.05) is 48.3 Å². The monoisotopic (exact) mass is 347 g/mol. The second-order valence-corrected chi connectivity index (χ2v) is 6.60. The van der Waals surface area contributed by atoms with Gasteiger partial charge in [-0.05, 0) is 31.4 Å². The van der Waals surface area contributed by atoms with Crippen molar-refractivity contribution in [2.45, 2.75) is 25.3 Å². The fourth-order valence-electron chi connectivity index (χ4n) is 3.22. The number of urea groups is 1. The maximum absolute atomic E-state index is 12.9. The molecule has 24 heavy (non-hydrogen) atoms. The molecule has 1 fully saturated rings. The van der Waals surface area contributed by atoms with E-state index >= 15 is 0 Å². The number of amides is 2. The molecule has 0 spiro atoms. The van der Waals surface area contributed by atoms with Crippen molar-refractivity contribution in [2.24, 2.45) is 0 Å². The number of benzene rings is 1. The number of nitrogens with zero attached hydrogens (tertiary/aromatic N) is 3.